The summed E-state index contributed by atoms with van der Waals surface area (Å²) in [5.41, 5.74) is 1.21. The molecule has 0 aliphatic rings. The van der Waals surface area contributed by atoms with Crippen molar-refractivity contribution in [1.82, 2.24) is 4.98 Å². The van der Waals surface area contributed by atoms with Crippen molar-refractivity contribution in [3.8, 4) is 0 Å². The second-order valence-electron chi connectivity index (χ2n) is 3.88. The van der Waals surface area contributed by atoms with Gasteiger partial charge in [0.1, 0.15) is 0 Å². The molecule has 0 radical (unpaired) electrons. The molecule has 0 bridgehead atoms. The smallest absolute Gasteiger partial charge is 0.188 e. The van der Waals surface area contributed by atoms with Crippen molar-refractivity contribution in [2.45, 2.75) is 0 Å². The Morgan fingerprint density at radius 3 is 2.68 bits per heavy atom. The average Bonchev–Trinajstić information content (AvgIpc) is 2.75. The van der Waals surface area contributed by atoms with Gasteiger partial charge in [-0.3, -0.25) is 0 Å². The van der Waals surface area contributed by atoms with Crippen LogP contribution in [0.3, 0.4) is 0 Å². The van der Waals surface area contributed by atoms with Crippen LogP contribution >= 0.6 is 22.9 Å². The van der Waals surface area contributed by atoms with Gasteiger partial charge in [-0.25, -0.2) is 13.8 Å². The third-order valence-corrected chi connectivity index (χ3v) is 3.71. The Bertz CT molecular complexity index is 757. The summed E-state index contributed by atoms with van der Waals surface area (Å²) < 4.78 is 26.9. The minimum Gasteiger partial charge on any atom is -0.331 e. The molecule has 1 aromatic heterocycles. The van der Waals surface area contributed by atoms with E-state index in [9.17, 15) is 8.78 Å². The van der Waals surface area contributed by atoms with Crippen molar-refractivity contribution in [1.29, 1.82) is 0 Å². The molecule has 6 heteroatoms. The summed E-state index contributed by atoms with van der Waals surface area (Å²) in [6, 6.07) is 9.02. The first-order chi connectivity index (χ1) is 9.11. The van der Waals surface area contributed by atoms with E-state index in [0.29, 0.717) is 15.8 Å². The molecule has 2 aromatic carbocycles. The Morgan fingerprint density at radius 2 is 1.89 bits per heavy atom. The second-order valence-corrected chi connectivity index (χ2v) is 5.35. The lowest BCUT2D eigenvalue weighted by molar-refractivity contribution is 0.509. The lowest BCUT2D eigenvalue weighted by atomic mass is 10.3. The number of thiazole rings is 1. The molecular weight excluding hydrogens is 290 g/mol. The number of benzene rings is 2. The van der Waals surface area contributed by atoms with E-state index in [1.165, 1.54) is 17.4 Å². The quantitative estimate of drug-likeness (QED) is 0.722. The summed E-state index contributed by atoms with van der Waals surface area (Å²) in [6.45, 7) is 0. The van der Waals surface area contributed by atoms with E-state index in [-0.39, 0.29) is 0 Å². The van der Waals surface area contributed by atoms with E-state index in [0.717, 1.165) is 22.3 Å². The molecule has 0 aliphatic heterocycles. The van der Waals surface area contributed by atoms with Gasteiger partial charge in [-0.05, 0) is 30.3 Å². The van der Waals surface area contributed by atoms with Gasteiger partial charge in [0, 0.05) is 16.8 Å². The molecule has 0 saturated carbocycles. The highest BCUT2D eigenvalue weighted by Gasteiger charge is 2.07. The summed E-state index contributed by atoms with van der Waals surface area (Å²) >= 11 is 7.29. The van der Waals surface area contributed by atoms with Gasteiger partial charge in [0.25, 0.3) is 0 Å². The number of hydrogen-bond acceptors (Lipinski definition) is 3. The molecule has 0 spiro atoms. The monoisotopic (exact) mass is 296 g/mol. The Kier molecular flexibility index (Phi) is 3.08. The topological polar surface area (TPSA) is 24.9 Å². The summed E-state index contributed by atoms with van der Waals surface area (Å²) in [5.74, 6) is -1.77. The first-order valence-corrected chi connectivity index (χ1v) is 6.59. The van der Waals surface area contributed by atoms with Crippen LogP contribution in [-0.4, -0.2) is 4.98 Å². The summed E-state index contributed by atoms with van der Waals surface area (Å²) in [6.07, 6.45) is 0. The number of hydrogen-bond donors (Lipinski definition) is 1. The highest BCUT2D eigenvalue weighted by Crippen LogP contribution is 2.30. The molecule has 0 amide bonds. The molecule has 3 aromatic rings. The SMILES string of the molecule is Fc1ccc(Nc2nc3cc(Cl)ccc3s2)cc1F. The van der Waals surface area contributed by atoms with E-state index >= 15 is 0 Å². The van der Waals surface area contributed by atoms with Crippen molar-refractivity contribution < 1.29 is 8.78 Å². The molecule has 19 heavy (non-hydrogen) atoms. The Hall–Kier alpha value is -1.72. The van der Waals surface area contributed by atoms with Crippen LogP contribution < -0.4 is 5.32 Å². The number of rotatable bonds is 2. The van der Waals surface area contributed by atoms with E-state index in [1.807, 2.05) is 6.07 Å². The highest BCUT2D eigenvalue weighted by molar-refractivity contribution is 7.22. The zero-order chi connectivity index (χ0) is 13.4. The normalized spacial score (nSPS) is 10.9. The van der Waals surface area contributed by atoms with Crippen LogP contribution in [0.2, 0.25) is 5.02 Å². The van der Waals surface area contributed by atoms with E-state index < -0.39 is 11.6 Å². The zero-order valence-electron chi connectivity index (χ0n) is 9.45. The van der Waals surface area contributed by atoms with Gasteiger partial charge in [0.2, 0.25) is 0 Å². The lowest BCUT2D eigenvalue weighted by Crippen LogP contribution is -1.91. The van der Waals surface area contributed by atoms with Crippen LogP contribution in [0.5, 0.6) is 0 Å². The average molecular weight is 297 g/mol. The fourth-order valence-corrected chi connectivity index (χ4v) is 2.68. The predicted octanol–water partition coefficient (Wildman–Crippen LogP) is 4.97. The van der Waals surface area contributed by atoms with Crippen molar-refractivity contribution >= 4 is 44.0 Å². The van der Waals surface area contributed by atoms with Gasteiger partial charge >= 0.3 is 0 Å². The summed E-state index contributed by atoms with van der Waals surface area (Å²) in [4.78, 5) is 4.33. The van der Waals surface area contributed by atoms with Gasteiger partial charge in [-0.2, -0.15) is 0 Å². The Morgan fingerprint density at radius 1 is 1.05 bits per heavy atom. The molecule has 3 rings (SSSR count). The Balaban J connectivity index is 1.94. The Labute approximate surface area is 116 Å². The molecule has 0 aliphatic carbocycles. The van der Waals surface area contributed by atoms with Crippen LogP contribution in [0, 0.1) is 11.6 Å². The van der Waals surface area contributed by atoms with E-state index in [4.69, 9.17) is 11.6 Å². The predicted molar refractivity (Wildman–Crippen MR) is 74.3 cm³/mol. The molecule has 0 unspecified atom stereocenters. The van der Waals surface area contributed by atoms with Gasteiger partial charge in [-0.1, -0.05) is 22.9 Å². The van der Waals surface area contributed by atoms with Gasteiger partial charge in [0.05, 0.1) is 10.2 Å². The van der Waals surface area contributed by atoms with Crippen LogP contribution in [-0.2, 0) is 0 Å². The van der Waals surface area contributed by atoms with Crippen molar-refractivity contribution in [3.05, 3.63) is 53.1 Å². The second kappa shape index (κ2) is 4.75. The standard InChI is InChI=1S/C13H7ClF2N2S/c14-7-1-4-12-11(5-7)18-13(19-12)17-8-2-3-9(15)10(16)6-8/h1-6H,(H,17,18). The maximum atomic E-state index is 13.1. The molecule has 0 saturated heterocycles. The molecule has 0 fully saturated rings. The number of nitrogens with one attached hydrogen (secondary N) is 1. The molecule has 2 nitrogen and oxygen atoms in total. The maximum absolute atomic E-state index is 13.1. The first-order valence-electron chi connectivity index (χ1n) is 5.40. The molecule has 1 N–H and O–H groups in total. The highest BCUT2D eigenvalue weighted by atomic mass is 35.5. The molecule has 1 heterocycles. The van der Waals surface area contributed by atoms with Crippen LogP contribution in [0.1, 0.15) is 0 Å². The van der Waals surface area contributed by atoms with Gasteiger partial charge < -0.3 is 5.32 Å². The summed E-state index contributed by atoms with van der Waals surface area (Å²) in [7, 11) is 0. The summed E-state index contributed by atoms with van der Waals surface area (Å²) in [5, 5.41) is 4.15. The van der Waals surface area contributed by atoms with E-state index in [2.05, 4.69) is 10.3 Å². The van der Waals surface area contributed by atoms with Gasteiger partial charge in [0.15, 0.2) is 16.8 Å². The lowest BCUT2D eigenvalue weighted by Gasteiger charge is -2.02. The number of anilines is 2. The molecule has 96 valence electrons. The fourth-order valence-electron chi connectivity index (χ4n) is 1.65. The van der Waals surface area contributed by atoms with Gasteiger partial charge in [-0.15, -0.1) is 0 Å². The van der Waals surface area contributed by atoms with Crippen molar-refractivity contribution in [3.63, 3.8) is 0 Å². The minimum absolute atomic E-state index is 0.448. The van der Waals surface area contributed by atoms with Crippen LogP contribution in [0.15, 0.2) is 36.4 Å². The van der Waals surface area contributed by atoms with Crippen LogP contribution in [0.4, 0.5) is 19.6 Å². The van der Waals surface area contributed by atoms with Crippen molar-refractivity contribution in [2.75, 3.05) is 5.32 Å². The maximum Gasteiger partial charge on any atom is 0.188 e. The van der Waals surface area contributed by atoms with E-state index in [1.54, 1.807) is 12.1 Å². The van der Waals surface area contributed by atoms with Crippen LogP contribution in [0.25, 0.3) is 10.2 Å². The largest absolute Gasteiger partial charge is 0.331 e. The molecular formula is C13H7ClF2N2S. The minimum atomic E-state index is -0.894. The third kappa shape index (κ3) is 2.52. The third-order valence-electron chi connectivity index (χ3n) is 2.52. The fraction of sp³-hybridized carbons (Fsp3) is 0. The number of fused-ring (bicyclic) bond motifs is 1. The number of halogens is 3. The first kappa shape index (κ1) is 12.3. The number of nitrogens with zero attached hydrogens (tertiary/aromatic N) is 1. The molecule has 0 atom stereocenters. The number of aromatic nitrogens is 1. The van der Waals surface area contributed by atoms with Crippen molar-refractivity contribution in [2.24, 2.45) is 0 Å². The zero-order valence-corrected chi connectivity index (χ0v) is 11.0.